The van der Waals surface area contributed by atoms with Gasteiger partial charge in [-0.25, -0.2) is 0 Å². The standard InChI is InChI=1S/C66H127NO5/c1-3-5-7-9-11-13-15-16-33-37-40-44-48-52-56-60-66(71)72-61-57-53-49-45-41-38-35-32-30-28-26-24-22-20-18-17-19-21-23-25-27-29-31-34-36-39-43-47-51-55-59-65(70)67-63(62-68)64(69)58-54-50-46-42-14-12-10-8-6-4-2/h16,33,54,58,63-64,68-69H,3-15,17-32,34-53,55-57,59-62H2,1-2H3,(H,67,70)/b33-16-,58-54+. The molecule has 0 aliphatic heterocycles. The first-order valence-electron chi connectivity index (χ1n) is 32.6. The summed E-state index contributed by atoms with van der Waals surface area (Å²) in [6.07, 6.45) is 76.8. The molecular formula is C66H127NO5. The minimum absolute atomic E-state index is 0.0121. The number of hydrogen-bond donors (Lipinski definition) is 3. The molecule has 2 atom stereocenters. The average Bonchev–Trinajstić information content (AvgIpc) is 3.38. The summed E-state index contributed by atoms with van der Waals surface area (Å²) in [5, 5.41) is 23.0. The predicted octanol–water partition coefficient (Wildman–Crippen LogP) is 20.6. The molecule has 0 aromatic heterocycles. The molecule has 0 saturated carbocycles. The van der Waals surface area contributed by atoms with Crippen molar-refractivity contribution in [2.45, 2.75) is 373 Å². The van der Waals surface area contributed by atoms with Crippen molar-refractivity contribution < 1.29 is 24.5 Å². The number of amides is 1. The van der Waals surface area contributed by atoms with Gasteiger partial charge in [0, 0.05) is 12.8 Å². The number of carbonyl (C=O) groups excluding carboxylic acids is 2. The van der Waals surface area contributed by atoms with E-state index in [-0.39, 0.29) is 18.5 Å². The van der Waals surface area contributed by atoms with Crippen LogP contribution < -0.4 is 5.32 Å². The van der Waals surface area contributed by atoms with Crippen molar-refractivity contribution in [2.75, 3.05) is 13.2 Å². The number of rotatable bonds is 61. The van der Waals surface area contributed by atoms with Gasteiger partial charge >= 0.3 is 5.97 Å². The number of nitrogens with one attached hydrogen (secondary N) is 1. The highest BCUT2D eigenvalue weighted by atomic mass is 16.5. The van der Waals surface area contributed by atoms with Crippen molar-refractivity contribution in [1.29, 1.82) is 0 Å². The van der Waals surface area contributed by atoms with Crippen LogP contribution >= 0.6 is 0 Å². The third-order valence-corrected chi connectivity index (χ3v) is 15.2. The van der Waals surface area contributed by atoms with Crippen LogP contribution in [0.4, 0.5) is 0 Å². The van der Waals surface area contributed by atoms with E-state index in [0.29, 0.717) is 19.4 Å². The average molecular weight is 1010 g/mol. The van der Waals surface area contributed by atoms with Crippen LogP contribution in [0.25, 0.3) is 0 Å². The first-order chi connectivity index (χ1) is 35.5. The zero-order chi connectivity index (χ0) is 52.2. The monoisotopic (exact) mass is 1010 g/mol. The number of unbranched alkanes of at least 4 members (excludes halogenated alkanes) is 48. The molecule has 6 nitrogen and oxygen atoms in total. The highest BCUT2D eigenvalue weighted by molar-refractivity contribution is 5.76. The van der Waals surface area contributed by atoms with Gasteiger partial charge in [0.25, 0.3) is 0 Å². The molecule has 0 rings (SSSR count). The van der Waals surface area contributed by atoms with Crippen molar-refractivity contribution in [3.05, 3.63) is 24.3 Å². The maximum absolute atomic E-state index is 12.4. The summed E-state index contributed by atoms with van der Waals surface area (Å²) in [7, 11) is 0. The fourth-order valence-corrected chi connectivity index (χ4v) is 10.2. The van der Waals surface area contributed by atoms with Gasteiger partial charge in [-0.15, -0.1) is 0 Å². The number of esters is 1. The topological polar surface area (TPSA) is 95.9 Å². The first-order valence-corrected chi connectivity index (χ1v) is 32.6. The number of ether oxygens (including phenoxy) is 1. The SMILES string of the molecule is CCCCCCCC/C=C\CCCCCCCC(=O)OCCCCCCCCCCCCCCCCCCCCCCCCCCCCCCCCC(=O)NC(CO)C(O)/C=C/CCCCCCCCCC. The number of hydrogen-bond acceptors (Lipinski definition) is 5. The minimum atomic E-state index is -0.839. The van der Waals surface area contributed by atoms with Crippen LogP contribution in [0.5, 0.6) is 0 Å². The highest BCUT2D eigenvalue weighted by Gasteiger charge is 2.18. The molecule has 0 heterocycles. The van der Waals surface area contributed by atoms with E-state index in [2.05, 4.69) is 31.3 Å². The predicted molar refractivity (Wildman–Crippen MR) is 315 cm³/mol. The largest absolute Gasteiger partial charge is 0.466 e. The molecule has 0 spiro atoms. The van der Waals surface area contributed by atoms with Crippen molar-refractivity contribution in [3.63, 3.8) is 0 Å². The van der Waals surface area contributed by atoms with E-state index in [9.17, 15) is 19.8 Å². The van der Waals surface area contributed by atoms with Gasteiger partial charge in [-0.1, -0.05) is 314 Å². The third-order valence-electron chi connectivity index (χ3n) is 15.2. The lowest BCUT2D eigenvalue weighted by molar-refractivity contribution is -0.143. The van der Waals surface area contributed by atoms with Gasteiger partial charge in [0.05, 0.1) is 25.4 Å². The molecule has 6 heteroatoms. The summed E-state index contributed by atoms with van der Waals surface area (Å²) in [6.45, 7) is 4.90. The molecule has 3 N–H and O–H groups in total. The van der Waals surface area contributed by atoms with Crippen molar-refractivity contribution >= 4 is 11.9 Å². The Bertz CT molecular complexity index is 1120. The fourth-order valence-electron chi connectivity index (χ4n) is 10.2. The van der Waals surface area contributed by atoms with Gasteiger partial charge in [0.15, 0.2) is 0 Å². The third kappa shape index (κ3) is 57.6. The second kappa shape index (κ2) is 61.9. The van der Waals surface area contributed by atoms with Crippen LogP contribution in [0, 0.1) is 0 Å². The van der Waals surface area contributed by atoms with E-state index in [1.807, 2.05) is 6.08 Å². The van der Waals surface area contributed by atoms with E-state index in [0.717, 1.165) is 44.9 Å². The molecule has 0 fully saturated rings. The van der Waals surface area contributed by atoms with E-state index >= 15 is 0 Å². The molecule has 0 aliphatic rings. The maximum atomic E-state index is 12.4. The Labute approximate surface area is 450 Å². The first kappa shape index (κ1) is 70.3. The Morgan fingerprint density at radius 1 is 0.375 bits per heavy atom. The molecule has 0 aromatic rings. The van der Waals surface area contributed by atoms with Crippen LogP contribution in [0.1, 0.15) is 361 Å². The maximum Gasteiger partial charge on any atom is 0.305 e. The Hall–Kier alpha value is -1.66. The molecule has 426 valence electrons. The lowest BCUT2D eigenvalue weighted by atomic mass is 10.0. The molecule has 0 radical (unpaired) electrons. The van der Waals surface area contributed by atoms with Gasteiger partial charge in [0.2, 0.25) is 5.91 Å². The molecule has 0 aliphatic carbocycles. The Balaban J connectivity index is 3.31. The summed E-state index contributed by atoms with van der Waals surface area (Å²) in [6, 6.07) is -0.622. The van der Waals surface area contributed by atoms with Crippen molar-refractivity contribution in [1.82, 2.24) is 5.32 Å². The molecule has 2 unspecified atom stereocenters. The second-order valence-electron chi connectivity index (χ2n) is 22.5. The fraction of sp³-hybridized carbons (Fsp3) is 0.909. The number of carbonyl (C=O) groups is 2. The Morgan fingerprint density at radius 3 is 0.986 bits per heavy atom. The van der Waals surface area contributed by atoms with E-state index in [1.165, 1.54) is 289 Å². The molecule has 1 amide bonds. The highest BCUT2D eigenvalue weighted by Crippen LogP contribution is 2.18. The minimum Gasteiger partial charge on any atom is -0.466 e. The van der Waals surface area contributed by atoms with Crippen molar-refractivity contribution in [2.24, 2.45) is 0 Å². The van der Waals surface area contributed by atoms with E-state index < -0.39 is 12.1 Å². The molecule has 0 bridgehead atoms. The van der Waals surface area contributed by atoms with Gasteiger partial charge in [-0.3, -0.25) is 9.59 Å². The number of aliphatic hydroxyl groups is 2. The number of aliphatic hydroxyl groups excluding tert-OH is 2. The van der Waals surface area contributed by atoms with E-state index in [4.69, 9.17) is 4.74 Å². The summed E-state index contributed by atoms with van der Waals surface area (Å²) in [4.78, 5) is 24.5. The van der Waals surface area contributed by atoms with Crippen LogP contribution in [0.2, 0.25) is 0 Å². The second-order valence-corrected chi connectivity index (χ2v) is 22.5. The van der Waals surface area contributed by atoms with Crippen LogP contribution in [-0.2, 0) is 14.3 Å². The zero-order valence-corrected chi connectivity index (χ0v) is 48.7. The zero-order valence-electron chi connectivity index (χ0n) is 48.7. The smallest absolute Gasteiger partial charge is 0.305 e. The van der Waals surface area contributed by atoms with Crippen LogP contribution in [0.3, 0.4) is 0 Å². The van der Waals surface area contributed by atoms with E-state index in [1.54, 1.807) is 6.08 Å². The van der Waals surface area contributed by atoms with Gasteiger partial charge in [-0.05, 0) is 57.8 Å². The summed E-state index contributed by atoms with van der Waals surface area (Å²) >= 11 is 0. The van der Waals surface area contributed by atoms with Crippen LogP contribution in [-0.4, -0.2) is 47.4 Å². The Morgan fingerprint density at radius 2 is 0.653 bits per heavy atom. The molecular weight excluding hydrogens is 887 g/mol. The normalized spacial score (nSPS) is 12.7. The Kier molecular flexibility index (Phi) is 60.5. The lowest BCUT2D eigenvalue weighted by Crippen LogP contribution is -2.45. The molecule has 0 saturated heterocycles. The quantitative estimate of drug-likeness (QED) is 0.0320. The number of allylic oxidation sites excluding steroid dienone is 3. The van der Waals surface area contributed by atoms with Gasteiger partial charge in [0.1, 0.15) is 0 Å². The van der Waals surface area contributed by atoms with Gasteiger partial charge in [-0.2, -0.15) is 0 Å². The van der Waals surface area contributed by atoms with Crippen molar-refractivity contribution in [3.8, 4) is 0 Å². The summed E-state index contributed by atoms with van der Waals surface area (Å²) in [5.41, 5.74) is 0. The van der Waals surface area contributed by atoms with Gasteiger partial charge < -0.3 is 20.3 Å². The summed E-state index contributed by atoms with van der Waals surface area (Å²) in [5.74, 6) is -0.0527. The van der Waals surface area contributed by atoms with Crippen LogP contribution in [0.15, 0.2) is 24.3 Å². The molecule has 0 aromatic carbocycles. The summed E-state index contributed by atoms with van der Waals surface area (Å²) < 4.78 is 5.49. The molecule has 72 heavy (non-hydrogen) atoms. The lowest BCUT2D eigenvalue weighted by Gasteiger charge is -2.20.